The Morgan fingerprint density at radius 2 is 1.39 bits per heavy atom. The molecule has 4 nitrogen and oxygen atoms in total. The summed E-state index contributed by atoms with van der Waals surface area (Å²) in [7, 11) is 1.32. The van der Waals surface area contributed by atoms with E-state index in [9.17, 15) is 9.59 Å². The summed E-state index contributed by atoms with van der Waals surface area (Å²) in [4.78, 5) is 23.6. The minimum Gasteiger partial charge on any atom is -0.465 e. The maximum absolute atomic E-state index is 12.2. The molecule has 4 heteroatoms. The molecule has 114 valence electrons. The maximum atomic E-state index is 12.2. The Labute approximate surface area is 133 Å². The van der Waals surface area contributed by atoms with Gasteiger partial charge in [0.1, 0.15) is 5.75 Å². The van der Waals surface area contributed by atoms with Crippen LogP contribution in [0.1, 0.15) is 20.7 Å². The van der Waals surface area contributed by atoms with Gasteiger partial charge in [0.25, 0.3) is 0 Å². The van der Waals surface area contributed by atoms with Crippen LogP contribution < -0.4 is 4.74 Å². The summed E-state index contributed by atoms with van der Waals surface area (Å²) in [5.41, 5.74) is 0.874. The van der Waals surface area contributed by atoms with Gasteiger partial charge >= 0.3 is 11.9 Å². The molecule has 0 N–H and O–H groups in total. The molecule has 0 saturated heterocycles. The van der Waals surface area contributed by atoms with Crippen molar-refractivity contribution in [3.05, 3.63) is 77.9 Å². The van der Waals surface area contributed by atoms with Gasteiger partial charge < -0.3 is 9.47 Å². The zero-order chi connectivity index (χ0) is 16.2. The number of methoxy groups -OCH3 is 1. The van der Waals surface area contributed by atoms with Gasteiger partial charge in [-0.3, -0.25) is 0 Å². The van der Waals surface area contributed by atoms with Crippen molar-refractivity contribution in [3.63, 3.8) is 0 Å². The molecule has 0 aliphatic rings. The lowest BCUT2D eigenvalue weighted by Gasteiger charge is -2.06. The Hall–Kier alpha value is -3.14. The predicted molar refractivity (Wildman–Crippen MR) is 86.7 cm³/mol. The molecule has 0 saturated carbocycles. The average Bonchev–Trinajstić information content (AvgIpc) is 2.61. The highest BCUT2D eigenvalue weighted by Gasteiger charge is 2.10. The van der Waals surface area contributed by atoms with Crippen LogP contribution in [0.3, 0.4) is 0 Å². The topological polar surface area (TPSA) is 52.6 Å². The number of esters is 2. The Bertz CT molecular complexity index is 866. The van der Waals surface area contributed by atoms with E-state index in [1.165, 1.54) is 7.11 Å². The van der Waals surface area contributed by atoms with Gasteiger partial charge in [-0.2, -0.15) is 0 Å². The quantitative estimate of drug-likeness (QED) is 0.545. The molecule has 3 aromatic carbocycles. The van der Waals surface area contributed by atoms with Gasteiger partial charge in [-0.25, -0.2) is 9.59 Å². The summed E-state index contributed by atoms with van der Waals surface area (Å²) in [6.45, 7) is 0. The number of carbonyl (C=O) groups is 2. The average molecular weight is 306 g/mol. The van der Waals surface area contributed by atoms with Crippen molar-refractivity contribution in [1.29, 1.82) is 0 Å². The van der Waals surface area contributed by atoms with Crippen LogP contribution in [0.5, 0.6) is 5.75 Å². The molecular formula is C19H14O4. The van der Waals surface area contributed by atoms with Crippen LogP contribution in [0.2, 0.25) is 0 Å². The maximum Gasteiger partial charge on any atom is 0.343 e. The second kappa shape index (κ2) is 6.32. The zero-order valence-electron chi connectivity index (χ0n) is 12.5. The fraction of sp³-hybridized carbons (Fsp3) is 0.0526. The number of hydrogen-bond acceptors (Lipinski definition) is 4. The third-order valence-electron chi connectivity index (χ3n) is 3.47. The first-order chi connectivity index (χ1) is 11.2. The fourth-order valence-electron chi connectivity index (χ4n) is 2.26. The molecule has 0 amide bonds. The van der Waals surface area contributed by atoms with Crippen molar-refractivity contribution in [2.24, 2.45) is 0 Å². The van der Waals surface area contributed by atoms with E-state index in [1.54, 1.807) is 36.4 Å². The molecule has 3 rings (SSSR count). The Morgan fingerprint density at radius 1 is 0.739 bits per heavy atom. The van der Waals surface area contributed by atoms with Crippen molar-refractivity contribution >= 4 is 22.7 Å². The highest BCUT2D eigenvalue weighted by molar-refractivity contribution is 5.96. The first-order valence-corrected chi connectivity index (χ1v) is 7.07. The van der Waals surface area contributed by atoms with E-state index in [1.807, 2.05) is 30.3 Å². The number of benzene rings is 3. The predicted octanol–water partition coefficient (Wildman–Crippen LogP) is 3.85. The van der Waals surface area contributed by atoms with Gasteiger partial charge in [0.15, 0.2) is 0 Å². The van der Waals surface area contributed by atoms with E-state index in [2.05, 4.69) is 4.74 Å². The summed E-state index contributed by atoms with van der Waals surface area (Å²) < 4.78 is 9.95. The molecule has 3 aromatic rings. The number of fused-ring (bicyclic) bond motifs is 1. The first kappa shape index (κ1) is 14.8. The smallest absolute Gasteiger partial charge is 0.343 e. The second-order valence-electron chi connectivity index (χ2n) is 4.97. The van der Waals surface area contributed by atoms with Crippen LogP contribution in [0.15, 0.2) is 66.7 Å². The van der Waals surface area contributed by atoms with Gasteiger partial charge in [0.2, 0.25) is 0 Å². The van der Waals surface area contributed by atoms with Gasteiger partial charge in [0, 0.05) is 0 Å². The van der Waals surface area contributed by atoms with E-state index >= 15 is 0 Å². The van der Waals surface area contributed by atoms with E-state index in [0.29, 0.717) is 16.9 Å². The third kappa shape index (κ3) is 3.21. The molecule has 0 aliphatic carbocycles. The Kier molecular flexibility index (Phi) is 4.06. The molecule has 0 radical (unpaired) electrons. The van der Waals surface area contributed by atoms with Crippen molar-refractivity contribution in [2.45, 2.75) is 0 Å². The Morgan fingerprint density at radius 3 is 2.09 bits per heavy atom. The van der Waals surface area contributed by atoms with Crippen molar-refractivity contribution < 1.29 is 19.1 Å². The van der Waals surface area contributed by atoms with Gasteiger partial charge in [-0.05, 0) is 47.2 Å². The van der Waals surface area contributed by atoms with Crippen molar-refractivity contribution in [2.75, 3.05) is 7.11 Å². The van der Waals surface area contributed by atoms with Crippen LogP contribution >= 0.6 is 0 Å². The number of hydrogen-bond donors (Lipinski definition) is 0. The first-order valence-electron chi connectivity index (χ1n) is 7.07. The number of carbonyl (C=O) groups excluding carboxylic acids is 2. The van der Waals surface area contributed by atoms with E-state index in [-0.39, 0.29) is 0 Å². The van der Waals surface area contributed by atoms with Gasteiger partial charge in [-0.1, -0.05) is 30.3 Å². The van der Waals surface area contributed by atoms with Gasteiger partial charge in [-0.15, -0.1) is 0 Å². The highest BCUT2D eigenvalue weighted by Crippen LogP contribution is 2.18. The summed E-state index contributed by atoms with van der Waals surface area (Å²) in [6, 6.07) is 19.4. The highest BCUT2D eigenvalue weighted by atomic mass is 16.5. The SMILES string of the molecule is COC(=O)c1ccc(OC(=O)c2ccc3ccccc3c2)cc1. The molecule has 0 spiro atoms. The van der Waals surface area contributed by atoms with E-state index < -0.39 is 11.9 Å². The molecule has 0 aromatic heterocycles. The minimum absolute atomic E-state index is 0.371. The summed E-state index contributed by atoms with van der Waals surface area (Å²) in [6.07, 6.45) is 0. The minimum atomic E-state index is -0.443. The molecule has 0 heterocycles. The van der Waals surface area contributed by atoms with Crippen LogP contribution in [-0.4, -0.2) is 19.0 Å². The lowest BCUT2D eigenvalue weighted by atomic mass is 10.1. The molecule has 23 heavy (non-hydrogen) atoms. The molecule has 0 unspecified atom stereocenters. The summed E-state index contributed by atoms with van der Waals surface area (Å²) >= 11 is 0. The standard InChI is InChI=1S/C19H14O4/c1-22-18(20)14-8-10-17(11-9-14)23-19(21)16-7-6-13-4-2-3-5-15(13)12-16/h2-12H,1H3. The molecule has 0 bridgehead atoms. The van der Waals surface area contributed by atoms with E-state index in [0.717, 1.165) is 10.8 Å². The zero-order valence-corrected chi connectivity index (χ0v) is 12.5. The normalized spacial score (nSPS) is 10.3. The fourth-order valence-corrected chi connectivity index (χ4v) is 2.26. The third-order valence-corrected chi connectivity index (χ3v) is 3.47. The van der Waals surface area contributed by atoms with Gasteiger partial charge in [0.05, 0.1) is 18.2 Å². The van der Waals surface area contributed by atoms with Crippen LogP contribution in [0.25, 0.3) is 10.8 Å². The summed E-state index contributed by atoms with van der Waals surface area (Å²) in [5, 5.41) is 2.04. The number of rotatable bonds is 3. The summed E-state index contributed by atoms with van der Waals surface area (Å²) in [5.74, 6) is -0.505. The van der Waals surface area contributed by atoms with Crippen LogP contribution in [0, 0.1) is 0 Å². The Balaban J connectivity index is 1.78. The second-order valence-corrected chi connectivity index (χ2v) is 4.97. The van der Waals surface area contributed by atoms with Crippen molar-refractivity contribution in [1.82, 2.24) is 0 Å². The van der Waals surface area contributed by atoms with Crippen molar-refractivity contribution in [3.8, 4) is 5.75 Å². The molecular weight excluding hydrogens is 292 g/mol. The lowest BCUT2D eigenvalue weighted by molar-refractivity contribution is 0.0600. The largest absolute Gasteiger partial charge is 0.465 e. The molecule has 0 fully saturated rings. The number of ether oxygens (including phenoxy) is 2. The molecule has 0 atom stereocenters. The monoisotopic (exact) mass is 306 g/mol. The van der Waals surface area contributed by atoms with E-state index in [4.69, 9.17) is 4.74 Å². The van der Waals surface area contributed by atoms with Crippen LogP contribution in [0.4, 0.5) is 0 Å². The molecule has 0 aliphatic heterocycles. The lowest BCUT2D eigenvalue weighted by Crippen LogP contribution is -2.08. The van der Waals surface area contributed by atoms with Crippen LogP contribution in [-0.2, 0) is 4.74 Å².